The molecule has 0 radical (unpaired) electrons. The molecule has 2 aromatic carbocycles. The number of rotatable bonds is 2. The zero-order chi connectivity index (χ0) is 14.1. The van der Waals surface area contributed by atoms with Crippen LogP contribution in [0, 0.1) is 6.92 Å². The highest BCUT2D eigenvalue weighted by Crippen LogP contribution is 2.16. The van der Waals surface area contributed by atoms with Gasteiger partial charge in [-0.05, 0) is 30.7 Å². The number of nitrogens with zero attached hydrogens (tertiary/aromatic N) is 2. The standard InChI is InChI=1S/C17H16N2O/c1-3-15-18-14-11-7-8-12(2)16(14)17(20)19(15)13-9-5-4-6-10-13/h4-11H,3H2,1-2H3. The molecule has 0 N–H and O–H groups in total. The summed E-state index contributed by atoms with van der Waals surface area (Å²) in [6, 6.07) is 15.5. The minimum atomic E-state index is 0.0103. The van der Waals surface area contributed by atoms with Crippen molar-refractivity contribution in [3.8, 4) is 5.69 Å². The predicted molar refractivity (Wildman–Crippen MR) is 81.5 cm³/mol. The van der Waals surface area contributed by atoms with Crippen molar-refractivity contribution < 1.29 is 0 Å². The summed E-state index contributed by atoms with van der Waals surface area (Å²) in [5.41, 5.74) is 2.62. The molecule has 0 fully saturated rings. The number of fused-ring (bicyclic) bond motifs is 1. The minimum absolute atomic E-state index is 0.0103. The summed E-state index contributed by atoms with van der Waals surface area (Å²) in [6.45, 7) is 3.97. The fourth-order valence-electron chi connectivity index (χ4n) is 2.52. The van der Waals surface area contributed by atoms with Crippen LogP contribution in [0.5, 0.6) is 0 Å². The first-order valence-corrected chi connectivity index (χ1v) is 6.79. The molecule has 3 nitrogen and oxygen atoms in total. The van der Waals surface area contributed by atoms with E-state index in [1.807, 2.05) is 62.4 Å². The predicted octanol–water partition coefficient (Wildman–Crippen LogP) is 3.26. The molecule has 0 spiro atoms. The number of benzene rings is 2. The molecule has 3 rings (SSSR count). The molecule has 0 bridgehead atoms. The average molecular weight is 264 g/mol. The summed E-state index contributed by atoms with van der Waals surface area (Å²) in [5, 5.41) is 0.702. The number of hydrogen-bond acceptors (Lipinski definition) is 2. The first-order chi connectivity index (χ1) is 9.72. The molecule has 0 aliphatic heterocycles. The van der Waals surface area contributed by atoms with Gasteiger partial charge in [-0.25, -0.2) is 4.98 Å². The van der Waals surface area contributed by atoms with Gasteiger partial charge in [0.25, 0.3) is 5.56 Å². The Kier molecular flexibility index (Phi) is 3.11. The van der Waals surface area contributed by atoms with E-state index >= 15 is 0 Å². The van der Waals surface area contributed by atoms with Gasteiger partial charge in [-0.2, -0.15) is 0 Å². The topological polar surface area (TPSA) is 34.9 Å². The average Bonchev–Trinajstić information content (AvgIpc) is 2.47. The Hall–Kier alpha value is -2.42. The summed E-state index contributed by atoms with van der Waals surface area (Å²) < 4.78 is 1.72. The van der Waals surface area contributed by atoms with Crippen molar-refractivity contribution in [2.24, 2.45) is 0 Å². The van der Waals surface area contributed by atoms with Crippen molar-refractivity contribution in [3.63, 3.8) is 0 Å². The van der Waals surface area contributed by atoms with Crippen LogP contribution in [0.3, 0.4) is 0 Å². The normalized spacial score (nSPS) is 10.9. The molecular weight excluding hydrogens is 248 g/mol. The van der Waals surface area contributed by atoms with Crippen molar-refractivity contribution in [2.75, 3.05) is 0 Å². The lowest BCUT2D eigenvalue weighted by atomic mass is 10.1. The maximum Gasteiger partial charge on any atom is 0.266 e. The van der Waals surface area contributed by atoms with Crippen LogP contribution < -0.4 is 5.56 Å². The monoisotopic (exact) mass is 264 g/mol. The number of para-hydroxylation sites is 1. The van der Waals surface area contributed by atoms with Gasteiger partial charge in [-0.15, -0.1) is 0 Å². The molecule has 0 saturated heterocycles. The van der Waals surface area contributed by atoms with Crippen molar-refractivity contribution in [2.45, 2.75) is 20.3 Å². The van der Waals surface area contributed by atoms with E-state index in [1.165, 1.54) is 0 Å². The summed E-state index contributed by atoms with van der Waals surface area (Å²) >= 11 is 0. The molecule has 0 aliphatic carbocycles. The molecule has 0 saturated carbocycles. The first-order valence-electron chi connectivity index (χ1n) is 6.79. The fraction of sp³-hybridized carbons (Fsp3) is 0.176. The zero-order valence-corrected chi connectivity index (χ0v) is 11.6. The van der Waals surface area contributed by atoms with E-state index in [0.717, 1.165) is 22.6 Å². The highest BCUT2D eigenvalue weighted by Gasteiger charge is 2.12. The molecule has 1 aromatic heterocycles. The van der Waals surface area contributed by atoms with Crippen molar-refractivity contribution in [1.82, 2.24) is 9.55 Å². The van der Waals surface area contributed by atoms with Gasteiger partial charge in [0.2, 0.25) is 0 Å². The third-order valence-electron chi connectivity index (χ3n) is 3.51. The van der Waals surface area contributed by atoms with E-state index in [0.29, 0.717) is 11.8 Å². The van der Waals surface area contributed by atoms with Crippen LogP contribution in [-0.4, -0.2) is 9.55 Å². The maximum absolute atomic E-state index is 12.9. The van der Waals surface area contributed by atoms with Gasteiger partial charge in [0.1, 0.15) is 5.82 Å². The van der Waals surface area contributed by atoms with Gasteiger partial charge in [0.15, 0.2) is 0 Å². The molecule has 100 valence electrons. The maximum atomic E-state index is 12.9. The Balaban J connectivity index is 2.45. The van der Waals surface area contributed by atoms with E-state index in [2.05, 4.69) is 4.98 Å². The molecule has 1 heterocycles. The summed E-state index contributed by atoms with van der Waals surface area (Å²) in [4.78, 5) is 17.5. The van der Waals surface area contributed by atoms with Gasteiger partial charge in [-0.1, -0.05) is 37.3 Å². The van der Waals surface area contributed by atoms with Crippen LogP contribution in [0.15, 0.2) is 53.3 Å². The smallest absolute Gasteiger partial charge is 0.266 e. The van der Waals surface area contributed by atoms with Gasteiger partial charge < -0.3 is 0 Å². The summed E-state index contributed by atoms with van der Waals surface area (Å²) in [6.07, 6.45) is 0.716. The Morgan fingerprint density at radius 2 is 1.80 bits per heavy atom. The molecule has 0 atom stereocenters. The molecule has 0 aliphatic rings. The molecule has 0 unspecified atom stereocenters. The van der Waals surface area contributed by atoms with Crippen LogP contribution in [0.1, 0.15) is 18.3 Å². The van der Waals surface area contributed by atoms with E-state index in [9.17, 15) is 4.79 Å². The van der Waals surface area contributed by atoms with Crippen LogP contribution in [0.2, 0.25) is 0 Å². The van der Waals surface area contributed by atoms with Gasteiger partial charge in [0, 0.05) is 6.42 Å². The fourth-order valence-corrected chi connectivity index (χ4v) is 2.52. The Labute approximate surface area is 117 Å². The highest BCUT2D eigenvalue weighted by atomic mass is 16.1. The zero-order valence-electron chi connectivity index (χ0n) is 11.6. The number of hydrogen-bond donors (Lipinski definition) is 0. The Morgan fingerprint density at radius 3 is 2.50 bits per heavy atom. The SMILES string of the molecule is CCc1nc2cccc(C)c2c(=O)n1-c1ccccc1. The third-order valence-corrected chi connectivity index (χ3v) is 3.51. The lowest BCUT2D eigenvalue weighted by molar-refractivity contribution is 0.832. The Bertz CT molecular complexity index is 820. The second-order valence-corrected chi connectivity index (χ2v) is 4.83. The molecule has 0 amide bonds. The molecule has 3 heteroatoms. The van der Waals surface area contributed by atoms with Gasteiger partial charge >= 0.3 is 0 Å². The van der Waals surface area contributed by atoms with Crippen LogP contribution >= 0.6 is 0 Å². The van der Waals surface area contributed by atoms with E-state index < -0.39 is 0 Å². The van der Waals surface area contributed by atoms with Crippen LogP contribution in [-0.2, 0) is 6.42 Å². The lowest BCUT2D eigenvalue weighted by Crippen LogP contribution is -2.24. The molecule has 20 heavy (non-hydrogen) atoms. The molecule has 3 aromatic rings. The van der Waals surface area contributed by atoms with Crippen molar-refractivity contribution in [1.29, 1.82) is 0 Å². The third kappa shape index (κ3) is 1.92. The van der Waals surface area contributed by atoms with Gasteiger partial charge in [-0.3, -0.25) is 9.36 Å². The minimum Gasteiger partial charge on any atom is -0.268 e. The van der Waals surface area contributed by atoms with Crippen LogP contribution in [0.25, 0.3) is 16.6 Å². The van der Waals surface area contributed by atoms with E-state index in [4.69, 9.17) is 0 Å². The largest absolute Gasteiger partial charge is 0.268 e. The lowest BCUT2D eigenvalue weighted by Gasteiger charge is -2.13. The van der Waals surface area contributed by atoms with Gasteiger partial charge in [0.05, 0.1) is 16.6 Å². The quantitative estimate of drug-likeness (QED) is 0.712. The molecular formula is C17H16N2O. The summed E-state index contributed by atoms with van der Waals surface area (Å²) in [7, 11) is 0. The second kappa shape index (κ2) is 4.93. The Morgan fingerprint density at radius 1 is 1.05 bits per heavy atom. The number of aromatic nitrogens is 2. The second-order valence-electron chi connectivity index (χ2n) is 4.83. The first kappa shape index (κ1) is 12.6. The number of aryl methyl sites for hydroxylation is 2. The summed E-state index contributed by atoms with van der Waals surface area (Å²) in [5.74, 6) is 0.791. The van der Waals surface area contributed by atoms with Crippen molar-refractivity contribution in [3.05, 3.63) is 70.3 Å². The highest BCUT2D eigenvalue weighted by molar-refractivity contribution is 5.81. The van der Waals surface area contributed by atoms with Crippen LogP contribution in [0.4, 0.5) is 0 Å². The van der Waals surface area contributed by atoms with Crippen molar-refractivity contribution >= 4 is 10.9 Å². The van der Waals surface area contributed by atoms with E-state index in [-0.39, 0.29) is 5.56 Å². The van der Waals surface area contributed by atoms with E-state index in [1.54, 1.807) is 4.57 Å².